The fraction of sp³-hybridized carbons (Fsp3) is 0.136. The number of carbonyl (C=O) groups excluding carboxylic acids is 1. The summed E-state index contributed by atoms with van der Waals surface area (Å²) in [6, 6.07) is 8.61. The normalized spacial score (nSPS) is 11.3. The van der Waals surface area contributed by atoms with Crippen LogP contribution >= 0.6 is 0 Å². The maximum Gasteiger partial charge on any atom is 0.346 e. The minimum absolute atomic E-state index is 0.0153. The van der Waals surface area contributed by atoms with Gasteiger partial charge < -0.3 is 4.74 Å². The van der Waals surface area contributed by atoms with Crippen molar-refractivity contribution in [2.75, 3.05) is 0 Å². The average Bonchev–Trinajstić information content (AvgIpc) is 2.66. The molecule has 0 N–H and O–H groups in total. The lowest BCUT2D eigenvalue weighted by Gasteiger charge is -2.08. The monoisotopic (exact) mass is 388 g/mol. The smallest absolute Gasteiger partial charge is 0.346 e. The van der Waals surface area contributed by atoms with Crippen LogP contribution in [0.1, 0.15) is 29.3 Å². The summed E-state index contributed by atoms with van der Waals surface area (Å²) in [7, 11) is 0. The van der Waals surface area contributed by atoms with Gasteiger partial charge in [0.1, 0.15) is 11.6 Å². The van der Waals surface area contributed by atoms with Gasteiger partial charge in [-0.25, -0.2) is 22.4 Å². The Kier molecular flexibility index (Phi) is 5.78. The largest absolute Gasteiger partial charge is 0.423 e. The van der Waals surface area contributed by atoms with Crippen molar-refractivity contribution in [3.8, 4) is 5.75 Å². The molecule has 0 aliphatic rings. The second kappa shape index (κ2) is 8.25. The lowest BCUT2D eigenvalue weighted by atomic mass is 10.1. The SMILES string of the molecule is C/C=C/CCc1ccc(C(=O)Oc2ccc3c(F)c(F)c(F)cc3c2)c(F)c1. The fourth-order valence-electron chi connectivity index (χ4n) is 2.80. The summed E-state index contributed by atoms with van der Waals surface area (Å²) < 4.78 is 59.8. The highest BCUT2D eigenvalue weighted by Crippen LogP contribution is 2.27. The molecule has 0 unspecified atom stereocenters. The minimum Gasteiger partial charge on any atom is -0.423 e. The minimum atomic E-state index is -1.58. The highest BCUT2D eigenvalue weighted by Gasteiger charge is 2.17. The highest BCUT2D eigenvalue weighted by molar-refractivity contribution is 5.92. The first kappa shape index (κ1) is 19.6. The Morgan fingerprint density at radius 3 is 2.46 bits per heavy atom. The number of benzene rings is 3. The fourth-order valence-corrected chi connectivity index (χ4v) is 2.80. The van der Waals surface area contributed by atoms with Gasteiger partial charge in [0.05, 0.1) is 5.56 Å². The van der Waals surface area contributed by atoms with Crippen molar-refractivity contribution >= 4 is 16.7 Å². The van der Waals surface area contributed by atoms with Gasteiger partial charge in [0.2, 0.25) is 0 Å². The highest BCUT2D eigenvalue weighted by atomic mass is 19.2. The second-order valence-corrected chi connectivity index (χ2v) is 6.18. The van der Waals surface area contributed by atoms with Crippen molar-refractivity contribution in [1.29, 1.82) is 0 Å². The maximum atomic E-state index is 14.3. The number of ether oxygens (including phenoxy) is 1. The summed E-state index contributed by atoms with van der Waals surface area (Å²) in [6.07, 6.45) is 5.24. The molecular formula is C22H16F4O2. The Morgan fingerprint density at radius 2 is 1.75 bits per heavy atom. The molecule has 28 heavy (non-hydrogen) atoms. The summed E-state index contributed by atoms with van der Waals surface area (Å²) in [5.74, 6) is -5.96. The molecule has 0 aliphatic heterocycles. The molecule has 0 amide bonds. The van der Waals surface area contributed by atoms with Crippen molar-refractivity contribution in [1.82, 2.24) is 0 Å². The van der Waals surface area contributed by atoms with Gasteiger partial charge >= 0.3 is 5.97 Å². The molecule has 0 aliphatic carbocycles. The van der Waals surface area contributed by atoms with Gasteiger partial charge in [0.15, 0.2) is 17.5 Å². The van der Waals surface area contributed by atoms with E-state index in [1.807, 2.05) is 19.1 Å². The number of halogens is 4. The van der Waals surface area contributed by atoms with Crippen LogP contribution in [0, 0.1) is 23.3 Å². The van der Waals surface area contributed by atoms with Crippen LogP contribution in [0.25, 0.3) is 10.8 Å². The molecule has 3 rings (SSSR count). The third-order valence-electron chi connectivity index (χ3n) is 4.24. The molecular weight excluding hydrogens is 372 g/mol. The summed E-state index contributed by atoms with van der Waals surface area (Å²) in [5.41, 5.74) is 0.483. The number of hydrogen-bond acceptors (Lipinski definition) is 2. The van der Waals surface area contributed by atoms with E-state index in [9.17, 15) is 22.4 Å². The second-order valence-electron chi connectivity index (χ2n) is 6.18. The molecule has 0 fully saturated rings. The predicted molar refractivity (Wildman–Crippen MR) is 98.3 cm³/mol. The van der Waals surface area contributed by atoms with Crippen LogP contribution < -0.4 is 4.74 Å². The molecule has 0 bridgehead atoms. The molecule has 0 heterocycles. The van der Waals surface area contributed by atoms with E-state index >= 15 is 0 Å². The Morgan fingerprint density at radius 1 is 0.964 bits per heavy atom. The molecule has 0 saturated carbocycles. The first-order chi connectivity index (χ1) is 13.4. The standard InChI is InChI=1S/C22H16F4O2/c1-2-3-4-5-13-6-8-17(18(23)10-13)22(27)28-15-7-9-16-14(11-15)12-19(24)21(26)20(16)25/h2-3,6-12H,4-5H2,1H3/b3-2+. The lowest BCUT2D eigenvalue weighted by molar-refractivity contribution is 0.0730. The van der Waals surface area contributed by atoms with Crippen molar-refractivity contribution in [3.05, 3.63) is 89.0 Å². The van der Waals surface area contributed by atoms with E-state index in [1.165, 1.54) is 24.3 Å². The summed E-state index contributed by atoms with van der Waals surface area (Å²) in [6.45, 7) is 1.89. The molecule has 2 nitrogen and oxygen atoms in total. The Bertz CT molecular complexity index is 1070. The zero-order chi connectivity index (χ0) is 20.3. The lowest BCUT2D eigenvalue weighted by Crippen LogP contribution is -2.11. The Balaban J connectivity index is 1.82. The van der Waals surface area contributed by atoms with Crippen LogP contribution in [0.15, 0.2) is 54.6 Å². The van der Waals surface area contributed by atoms with Gasteiger partial charge in [-0.2, -0.15) is 0 Å². The molecule has 3 aromatic carbocycles. The van der Waals surface area contributed by atoms with Crippen LogP contribution in [0.4, 0.5) is 17.6 Å². The molecule has 0 radical (unpaired) electrons. The first-order valence-corrected chi connectivity index (χ1v) is 8.59. The number of allylic oxidation sites excluding steroid dienone is 2. The number of carbonyl (C=O) groups is 1. The van der Waals surface area contributed by atoms with E-state index < -0.39 is 29.2 Å². The van der Waals surface area contributed by atoms with Gasteiger partial charge in [-0.1, -0.05) is 18.2 Å². The number of esters is 1. The van der Waals surface area contributed by atoms with Gasteiger partial charge in [-0.15, -0.1) is 0 Å². The number of aryl methyl sites for hydroxylation is 1. The van der Waals surface area contributed by atoms with E-state index in [0.717, 1.165) is 24.1 Å². The van der Waals surface area contributed by atoms with Gasteiger partial charge in [0, 0.05) is 5.39 Å². The third-order valence-corrected chi connectivity index (χ3v) is 4.24. The van der Waals surface area contributed by atoms with E-state index in [4.69, 9.17) is 4.74 Å². The summed E-state index contributed by atoms with van der Waals surface area (Å²) >= 11 is 0. The van der Waals surface area contributed by atoms with Gasteiger partial charge in [0.25, 0.3) is 0 Å². The molecule has 0 atom stereocenters. The summed E-state index contributed by atoms with van der Waals surface area (Å²) in [4.78, 5) is 12.2. The van der Waals surface area contributed by atoms with Crippen LogP contribution in [0.5, 0.6) is 5.75 Å². The van der Waals surface area contributed by atoms with Crippen LogP contribution in [-0.2, 0) is 6.42 Å². The quantitative estimate of drug-likeness (QED) is 0.173. The molecule has 6 heteroatoms. The molecule has 0 saturated heterocycles. The molecule has 144 valence electrons. The molecule has 3 aromatic rings. The van der Waals surface area contributed by atoms with E-state index in [2.05, 4.69) is 0 Å². The number of hydrogen-bond donors (Lipinski definition) is 0. The van der Waals surface area contributed by atoms with E-state index in [0.29, 0.717) is 6.42 Å². The number of fused-ring (bicyclic) bond motifs is 1. The van der Waals surface area contributed by atoms with Crippen molar-refractivity contribution in [2.45, 2.75) is 19.8 Å². The first-order valence-electron chi connectivity index (χ1n) is 8.59. The van der Waals surface area contributed by atoms with E-state index in [-0.39, 0.29) is 22.1 Å². The van der Waals surface area contributed by atoms with E-state index in [1.54, 1.807) is 6.07 Å². The van der Waals surface area contributed by atoms with Gasteiger partial charge in [-0.05, 0) is 67.1 Å². The third kappa shape index (κ3) is 4.06. The summed E-state index contributed by atoms with van der Waals surface area (Å²) in [5, 5.41) is -0.142. The average molecular weight is 388 g/mol. The van der Waals surface area contributed by atoms with Crippen LogP contribution in [-0.4, -0.2) is 5.97 Å². The Hall–Kier alpha value is -3.15. The van der Waals surface area contributed by atoms with Crippen molar-refractivity contribution in [3.63, 3.8) is 0 Å². The zero-order valence-electron chi connectivity index (χ0n) is 14.9. The van der Waals surface area contributed by atoms with Gasteiger partial charge in [-0.3, -0.25) is 0 Å². The molecule has 0 spiro atoms. The number of rotatable bonds is 5. The van der Waals surface area contributed by atoms with Crippen molar-refractivity contribution < 1.29 is 27.1 Å². The predicted octanol–water partition coefficient (Wildman–Crippen LogP) is 6.12. The molecule has 0 aromatic heterocycles. The van der Waals surface area contributed by atoms with Crippen molar-refractivity contribution in [2.24, 2.45) is 0 Å². The Labute approximate surface area is 159 Å². The topological polar surface area (TPSA) is 26.3 Å². The van der Waals surface area contributed by atoms with Crippen LogP contribution in [0.2, 0.25) is 0 Å². The zero-order valence-corrected chi connectivity index (χ0v) is 14.9. The maximum absolute atomic E-state index is 14.3. The van der Waals surface area contributed by atoms with Crippen LogP contribution in [0.3, 0.4) is 0 Å².